The summed E-state index contributed by atoms with van der Waals surface area (Å²) in [5.74, 6) is -0.0756. The summed E-state index contributed by atoms with van der Waals surface area (Å²) in [6.45, 7) is 1.33. The van der Waals surface area contributed by atoms with Gasteiger partial charge in [-0.3, -0.25) is 10.8 Å². The van der Waals surface area contributed by atoms with Crippen molar-refractivity contribution in [1.82, 2.24) is 9.88 Å². The summed E-state index contributed by atoms with van der Waals surface area (Å²) in [4.78, 5) is 7.35. The number of nitrogens with zero attached hydrogens (tertiary/aromatic N) is 4. The molecule has 1 aromatic carbocycles. The van der Waals surface area contributed by atoms with Gasteiger partial charge in [-0.05, 0) is 37.1 Å². The Morgan fingerprint density at radius 3 is 2.68 bits per heavy atom. The van der Waals surface area contributed by atoms with Crippen molar-refractivity contribution in [2.75, 3.05) is 25.0 Å². The summed E-state index contributed by atoms with van der Waals surface area (Å²) >= 11 is 6.22. The largest absolute Gasteiger partial charge is 0.370 e. The Morgan fingerprint density at radius 1 is 1.39 bits per heavy atom. The second kappa shape index (κ2) is 8.36. The van der Waals surface area contributed by atoms with Gasteiger partial charge in [-0.2, -0.15) is 9.65 Å². The monoisotopic (exact) mass is 398 g/mol. The van der Waals surface area contributed by atoms with E-state index in [0.717, 1.165) is 30.4 Å². The Balaban J connectivity index is 1.94. The van der Waals surface area contributed by atoms with Gasteiger partial charge in [0, 0.05) is 48.4 Å². The van der Waals surface area contributed by atoms with Crippen LogP contribution in [0.3, 0.4) is 0 Å². The van der Waals surface area contributed by atoms with Crippen molar-refractivity contribution in [3.8, 4) is 17.2 Å². The van der Waals surface area contributed by atoms with E-state index in [4.69, 9.17) is 22.4 Å². The molecule has 1 saturated heterocycles. The second-order valence-corrected chi connectivity index (χ2v) is 7.15. The van der Waals surface area contributed by atoms with Gasteiger partial charge in [0.05, 0.1) is 17.6 Å². The zero-order chi connectivity index (χ0) is 20.3. The highest BCUT2D eigenvalue weighted by Crippen LogP contribution is 2.38. The summed E-state index contributed by atoms with van der Waals surface area (Å²) in [5.41, 5.74) is 2.64. The molecule has 1 aliphatic rings. The number of amidine groups is 1. The maximum atomic E-state index is 13.3. The lowest BCUT2D eigenvalue weighted by Gasteiger charge is -2.36. The summed E-state index contributed by atoms with van der Waals surface area (Å²) in [5, 5.41) is 25.6. The van der Waals surface area contributed by atoms with Crippen LogP contribution in [0.25, 0.3) is 11.1 Å². The van der Waals surface area contributed by atoms with Crippen LogP contribution in [-0.2, 0) is 0 Å². The third-order valence-electron chi connectivity index (χ3n) is 5.01. The SMILES string of the molecule is CN(C=N)C(=N)C1CCN(c2c(C#N)cc(Cl)cc2-c2ccc(F)nc2)CC1. The van der Waals surface area contributed by atoms with Gasteiger partial charge in [0.15, 0.2) is 0 Å². The highest BCUT2D eigenvalue weighted by molar-refractivity contribution is 6.31. The molecule has 0 unspecified atom stereocenters. The Labute approximate surface area is 168 Å². The molecule has 3 rings (SSSR count). The summed E-state index contributed by atoms with van der Waals surface area (Å²) in [6.07, 6.45) is 4.06. The third kappa shape index (κ3) is 3.97. The molecule has 0 aliphatic carbocycles. The minimum Gasteiger partial charge on any atom is -0.370 e. The highest BCUT2D eigenvalue weighted by Gasteiger charge is 2.27. The van der Waals surface area contributed by atoms with E-state index in [0.29, 0.717) is 35.1 Å². The van der Waals surface area contributed by atoms with Gasteiger partial charge in [-0.25, -0.2) is 4.98 Å². The molecule has 0 bridgehead atoms. The molecular weight excluding hydrogens is 379 g/mol. The molecule has 2 aromatic rings. The van der Waals surface area contributed by atoms with Crippen molar-refractivity contribution < 1.29 is 4.39 Å². The number of piperidine rings is 1. The number of benzene rings is 1. The molecule has 1 fully saturated rings. The van der Waals surface area contributed by atoms with Crippen molar-refractivity contribution in [2.24, 2.45) is 5.92 Å². The topological polar surface area (TPSA) is 90.9 Å². The molecule has 8 heteroatoms. The molecule has 6 nitrogen and oxygen atoms in total. The number of hydrogen-bond acceptors (Lipinski definition) is 5. The molecule has 0 radical (unpaired) electrons. The molecule has 0 saturated carbocycles. The van der Waals surface area contributed by atoms with E-state index in [1.807, 2.05) is 0 Å². The van der Waals surface area contributed by atoms with Gasteiger partial charge in [-0.15, -0.1) is 0 Å². The number of aromatic nitrogens is 1. The number of nitriles is 1. The molecule has 28 heavy (non-hydrogen) atoms. The summed E-state index contributed by atoms with van der Waals surface area (Å²) < 4.78 is 13.3. The number of pyridine rings is 1. The fourth-order valence-electron chi connectivity index (χ4n) is 3.51. The normalized spacial score (nSPS) is 14.4. The van der Waals surface area contributed by atoms with Crippen LogP contribution in [0.5, 0.6) is 0 Å². The van der Waals surface area contributed by atoms with Crippen LogP contribution in [0.2, 0.25) is 5.02 Å². The van der Waals surface area contributed by atoms with E-state index >= 15 is 0 Å². The lowest BCUT2D eigenvalue weighted by atomic mass is 9.92. The van der Waals surface area contributed by atoms with Crippen molar-refractivity contribution in [3.63, 3.8) is 0 Å². The molecular formula is C20H20ClFN6. The van der Waals surface area contributed by atoms with Gasteiger partial charge in [0.1, 0.15) is 11.9 Å². The van der Waals surface area contributed by atoms with E-state index in [1.54, 1.807) is 25.2 Å². The van der Waals surface area contributed by atoms with Gasteiger partial charge >= 0.3 is 0 Å². The Bertz CT molecular complexity index is 929. The predicted molar refractivity (Wildman–Crippen MR) is 109 cm³/mol. The fourth-order valence-corrected chi connectivity index (χ4v) is 3.73. The third-order valence-corrected chi connectivity index (χ3v) is 5.22. The van der Waals surface area contributed by atoms with Crippen molar-refractivity contribution in [3.05, 3.63) is 47.0 Å². The van der Waals surface area contributed by atoms with Crippen molar-refractivity contribution >= 4 is 29.5 Å². The van der Waals surface area contributed by atoms with Crippen LogP contribution in [0, 0.1) is 34.0 Å². The molecule has 1 aromatic heterocycles. The van der Waals surface area contributed by atoms with Crippen LogP contribution < -0.4 is 4.90 Å². The molecule has 0 atom stereocenters. The van der Waals surface area contributed by atoms with E-state index in [1.165, 1.54) is 17.2 Å². The van der Waals surface area contributed by atoms with E-state index in [9.17, 15) is 9.65 Å². The predicted octanol–water partition coefficient (Wildman–Crippen LogP) is 4.15. The lowest BCUT2D eigenvalue weighted by molar-refractivity contribution is 0.473. The van der Waals surface area contributed by atoms with Crippen LogP contribution in [0.1, 0.15) is 18.4 Å². The first kappa shape index (κ1) is 19.8. The quantitative estimate of drug-likeness (QED) is 0.460. The molecule has 2 heterocycles. The van der Waals surface area contributed by atoms with Crippen LogP contribution in [-0.4, -0.2) is 42.2 Å². The minimum absolute atomic E-state index is 0.0663. The summed E-state index contributed by atoms with van der Waals surface area (Å²) in [7, 11) is 1.70. The molecule has 0 spiro atoms. The van der Waals surface area contributed by atoms with Gasteiger partial charge < -0.3 is 9.80 Å². The lowest BCUT2D eigenvalue weighted by Crippen LogP contribution is -2.41. The van der Waals surface area contributed by atoms with E-state index in [-0.39, 0.29) is 5.92 Å². The zero-order valence-electron chi connectivity index (χ0n) is 15.4. The average Bonchev–Trinajstić information content (AvgIpc) is 2.72. The molecule has 2 N–H and O–H groups in total. The zero-order valence-corrected chi connectivity index (χ0v) is 16.2. The average molecular weight is 399 g/mol. The molecule has 144 valence electrons. The van der Waals surface area contributed by atoms with E-state index in [2.05, 4.69) is 16.0 Å². The van der Waals surface area contributed by atoms with Gasteiger partial charge in [0.25, 0.3) is 0 Å². The second-order valence-electron chi connectivity index (χ2n) is 6.72. The van der Waals surface area contributed by atoms with Crippen LogP contribution in [0.4, 0.5) is 10.1 Å². The number of rotatable bonds is 4. The van der Waals surface area contributed by atoms with Crippen molar-refractivity contribution in [1.29, 1.82) is 16.1 Å². The first-order chi connectivity index (χ1) is 13.4. The van der Waals surface area contributed by atoms with E-state index < -0.39 is 5.95 Å². The summed E-state index contributed by atoms with van der Waals surface area (Å²) in [6, 6.07) is 8.53. The first-order valence-corrected chi connectivity index (χ1v) is 9.24. The van der Waals surface area contributed by atoms with Crippen molar-refractivity contribution in [2.45, 2.75) is 12.8 Å². The molecule has 1 aliphatic heterocycles. The Kier molecular flexibility index (Phi) is 5.90. The van der Waals surface area contributed by atoms with Gasteiger partial charge in [-0.1, -0.05) is 11.6 Å². The number of halogens is 2. The Morgan fingerprint density at radius 2 is 2.11 bits per heavy atom. The minimum atomic E-state index is -0.567. The fraction of sp³-hybridized carbons (Fsp3) is 0.300. The number of nitrogens with one attached hydrogen (secondary N) is 2. The number of hydrogen-bond donors (Lipinski definition) is 2. The smallest absolute Gasteiger partial charge is 0.212 e. The van der Waals surface area contributed by atoms with Crippen LogP contribution >= 0.6 is 11.6 Å². The number of anilines is 1. The highest BCUT2D eigenvalue weighted by atomic mass is 35.5. The Hall–Kier alpha value is -2.98. The molecule has 0 amide bonds. The van der Waals surface area contributed by atoms with Crippen LogP contribution in [0.15, 0.2) is 30.5 Å². The maximum absolute atomic E-state index is 13.3. The maximum Gasteiger partial charge on any atom is 0.212 e. The standard InChI is InChI=1S/C20H20ClFN6/c1-27(12-24)20(25)13-4-6-28(7-5-13)19-15(10-23)8-16(21)9-17(19)14-2-3-18(22)26-11-14/h2-3,8-9,11-13,24-25H,4-7H2,1H3. The van der Waals surface area contributed by atoms with Gasteiger partial charge in [0.2, 0.25) is 5.95 Å². The first-order valence-electron chi connectivity index (χ1n) is 8.87.